The molecule has 5 aromatic rings. The molecule has 11 heteroatoms. The van der Waals surface area contributed by atoms with Gasteiger partial charge in [-0.25, -0.2) is 12.8 Å². The van der Waals surface area contributed by atoms with Gasteiger partial charge in [0.1, 0.15) is 17.6 Å². The molecule has 0 aliphatic heterocycles. The van der Waals surface area contributed by atoms with Gasteiger partial charge in [-0.3, -0.25) is 9.36 Å². The van der Waals surface area contributed by atoms with Crippen molar-refractivity contribution in [1.29, 1.82) is 5.26 Å². The molecule has 0 aliphatic carbocycles. The average molecular weight is 561 g/mol. The van der Waals surface area contributed by atoms with Gasteiger partial charge in [-0.15, -0.1) is 0 Å². The topological polar surface area (TPSA) is 115 Å². The Morgan fingerprint density at radius 1 is 1.08 bits per heavy atom. The molecule has 2 heterocycles. The Hall–Kier alpha value is -4.59. The minimum absolute atomic E-state index is 0.0374. The molecule has 0 aliphatic rings. The maximum Gasteiger partial charge on any atom is 0.255 e. The molecule has 2 aromatic heterocycles. The SMILES string of the molecule is COc1cc(-c2ccc(Cl)c(C#N)c2)c(F)cc1-n1c(=O)ccc2cc(S(=O)(=O)Cc3cccnn3)ccc21. The lowest BCUT2D eigenvalue weighted by Gasteiger charge is -2.16. The second-order valence-electron chi connectivity index (χ2n) is 8.51. The van der Waals surface area contributed by atoms with Gasteiger partial charge in [0.25, 0.3) is 5.56 Å². The fourth-order valence-electron chi connectivity index (χ4n) is 4.24. The summed E-state index contributed by atoms with van der Waals surface area (Å²) in [6, 6.07) is 19.4. The molecule has 0 saturated carbocycles. The number of hydrogen-bond acceptors (Lipinski definition) is 7. The van der Waals surface area contributed by atoms with Crippen molar-refractivity contribution in [2.75, 3.05) is 7.11 Å². The number of methoxy groups -OCH3 is 1. The van der Waals surface area contributed by atoms with E-state index >= 15 is 4.39 Å². The van der Waals surface area contributed by atoms with Gasteiger partial charge >= 0.3 is 0 Å². The summed E-state index contributed by atoms with van der Waals surface area (Å²) in [5, 5.41) is 17.5. The summed E-state index contributed by atoms with van der Waals surface area (Å²) < 4.78 is 48.3. The first-order valence-corrected chi connectivity index (χ1v) is 13.5. The van der Waals surface area contributed by atoms with Crippen LogP contribution in [0.15, 0.2) is 88.7 Å². The number of halogens is 2. The van der Waals surface area contributed by atoms with E-state index in [2.05, 4.69) is 10.2 Å². The summed E-state index contributed by atoms with van der Waals surface area (Å²) in [5.74, 6) is -0.817. The van der Waals surface area contributed by atoms with E-state index in [4.69, 9.17) is 16.3 Å². The minimum Gasteiger partial charge on any atom is -0.495 e. The lowest BCUT2D eigenvalue weighted by atomic mass is 10.0. The summed E-state index contributed by atoms with van der Waals surface area (Å²) in [4.78, 5) is 13.1. The lowest BCUT2D eigenvalue weighted by molar-refractivity contribution is 0.412. The number of fused-ring (bicyclic) bond motifs is 1. The normalized spacial score (nSPS) is 11.3. The third kappa shape index (κ3) is 4.97. The van der Waals surface area contributed by atoms with Crippen molar-refractivity contribution in [3.63, 3.8) is 0 Å². The largest absolute Gasteiger partial charge is 0.495 e. The van der Waals surface area contributed by atoms with Crippen LogP contribution in [-0.4, -0.2) is 30.3 Å². The molecule has 0 unspecified atom stereocenters. The van der Waals surface area contributed by atoms with Crippen LogP contribution in [0.25, 0.3) is 27.7 Å². The summed E-state index contributed by atoms with van der Waals surface area (Å²) in [5.41, 5.74) is 1.04. The minimum atomic E-state index is -3.76. The Kier molecular flexibility index (Phi) is 6.87. The Morgan fingerprint density at radius 3 is 2.62 bits per heavy atom. The molecule has 0 bridgehead atoms. The van der Waals surface area contributed by atoms with E-state index in [1.807, 2.05) is 6.07 Å². The molecule has 0 fully saturated rings. The molecule has 8 nitrogen and oxygen atoms in total. The van der Waals surface area contributed by atoms with E-state index in [1.54, 1.807) is 18.2 Å². The third-order valence-electron chi connectivity index (χ3n) is 6.10. The Morgan fingerprint density at radius 2 is 1.90 bits per heavy atom. The highest BCUT2D eigenvalue weighted by Crippen LogP contribution is 2.35. The zero-order valence-electron chi connectivity index (χ0n) is 20.3. The maximum atomic E-state index is 15.5. The second kappa shape index (κ2) is 10.3. The van der Waals surface area contributed by atoms with Crippen LogP contribution in [0.2, 0.25) is 5.02 Å². The van der Waals surface area contributed by atoms with Gasteiger partial charge in [0.05, 0.1) is 45.2 Å². The number of benzene rings is 3. The first-order chi connectivity index (χ1) is 18.7. The number of rotatable bonds is 6. The van der Waals surface area contributed by atoms with Crippen molar-refractivity contribution in [1.82, 2.24) is 14.8 Å². The van der Waals surface area contributed by atoms with Crippen LogP contribution in [0, 0.1) is 17.1 Å². The lowest BCUT2D eigenvalue weighted by Crippen LogP contribution is -2.18. The Bertz CT molecular complexity index is 1960. The molecule has 0 radical (unpaired) electrons. The summed E-state index contributed by atoms with van der Waals surface area (Å²) in [7, 11) is -2.38. The quantitative estimate of drug-likeness (QED) is 0.284. The number of aromatic nitrogens is 3. The first kappa shape index (κ1) is 26.0. The van der Waals surface area contributed by atoms with Gasteiger partial charge in [-0.1, -0.05) is 17.7 Å². The highest BCUT2D eigenvalue weighted by atomic mass is 35.5. The Labute approximate surface area is 227 Å². The molecular weight excluding hydrogens is 543 g/mol. The number of nitrogens with zero attached hydrogens (tertiary/aromatic N) is 4. The van der Waals surface area contributed by atoms with Gasteiger partial charge in [-0.05, 0) is 60.2 Å². The maximum absolute atomic E-state index is 15.5. The molecule has 0 spiro atoms. The van der Waals surface area contributed by atoms with Crippen molar-refractivity contribution in [2.24, 2.45) is 0 Å². The van der Waals surface area contributed by atoms with Gasteiger partial charge in [0, 0.05) is 29.3 Å². The zero-order chi connectivity index (χ0) is 27.7. The number of sulfone groups is 1. The van der Waals surface area contributed by atoms with E-state index in [-0.39, 0.29) is 38.2 Å². The molecule has 194 valence electrons. The van der Waals surface area contributed by atoms with Crippen LogP contribution in [0.5, 0.6) is 5.75 Å². The van der Waals surface area contributed by atoms with Crippen LogP contribution in [0.3, 0.4) is 0 Å². The van der Waals surface area contributed by atoms with Gasteiger partial charge < -0.3 is 4.74 Å². The number of ether oxygens (including phenoxy) is 1. The molecule has 5 rings (SSSR count). The molecule has 0 amide bonds. The van der Waals surface area contributed by atoms with Gasteiger partial charge in [0.15, 0.2) is 9.84 Å². The highest BCUT2D eigenvalue weighted by Gasteiger charge is 2.20. The Balaban J connectivity index is 1.63. The summed E-state index contributed by atoms with van der Waals surface area (Å²) in [6.07, 6.45) is 1.45. The number of pyridine rings is 1. The standard InChI is InChI=1S/C28H18ClFN4O4S/c1-38-27-13-22(17-4-7-23(29)19(11-17)15-31)24(30)14-26(27)34-25-8-6-21(12-18(25)5-9-28(34)35)39(36,37)16-20-3-2-10-32-33-20/h2-14H,16H2,1H3. The van der Waals surface area contributed by atoms with E-state index in [0.717, 1.165) is 6.07 Å². The molecule has 3 aromatic carbocycles. The molecule has 0 saturated heterocycles. The van der Waals surface area contributed by atoms with E-state index in [0.29, 0.717) is 22.2 Å². The van der Waals surface area contributed by atoms with Gasteiger partial charge in [0.2, 0.25) is 0 Å². The second-order valence-corrected chi connectivity index (χ2v) is 10.9. The van der Waals surface area contributed by atoms with Crippen LogP contribution in [-0.2, 0) is 15.6 Å². The van der Waals surface area contributed by atoms with Crippen LogP contribution >= 0.6 is 11.6 Å². The average Bonchev–Trinajstić information content (AvgIpc) is 2.93. The van der Waals surface area contributed by atoms with Crippen molar-refractivity contribution in [3.8, 4) is 28.6 Å². The smallest absolute Gasteiger partial charge is 0.255 e. The summed E-state index contributed by atoms with van der Waals surface area (Å²) in [6.45, 7) is 0. The van der Waals surface area contributed by atoms with Crippen molar-refractivity contribution >= 4 is 32.3 Å². The monoisotopic (exact) mass is 560 g/mol. The zero-order valence-corrected chi connectivity index (χ0v) is 21.9. The molecule has 0 atom stereocenters. The van der Waals surface area contributed by atoms with Crippen LogP contribution in [0.1, 0.15) is 11.3 Å². The van der Waals surface area contributed by atoms with Gasteiger partial charge in [-0.2, -0.15) is 15.5 Å². The molecular formula is C28H18ClFN4O4S. The predicted octanol–water partition coefficient (Wildman–Crippen LogP) is 5.09. The number of nitriles is 1. The summed E-state index contributed by atoms with van der Waals surface area (Å²) >= 11 is 6.02. The number of hydrogen-bond donors (Lipinski definition) is 0. The fourth-order valence-corrected chi connectivity index (χ4v) is 5.69. The molecule has 0 N–H and O–H groups in total. The first-order valence-electron chi connectivity index (χ1n) is 11.4. The van der Waals surface area contributed by atoms with E-state index in [9.17, 15) is 18.5 Å². The van der Waals surface area contributed by atoms with E-state index in [1.165, 1.54) is 66.4 Å². The van der Waals surface area contributed by atoms with Crippen molar-refractivity contribution in [2.45, 2.75) is 10.6 Å². The molecule has 39 heavy (non-hydrogen) atoms. The predicted molar refractivity (Wildman–Crippen MR) is 144 cm³/mol. The highest BCUT2D eigenvalue weighted by molar-refractivity contribution is 7.90. The van der Waals surface area contributed by atoms with Crippen molar-refractivity contribution < 1.29 is 17.5 Å². The van der Waals surface area contributed by atoms with E-state index < -0.39 is 21.2 Å². The fraction of sp³-hybridized carbons (Fsp3) is 0.0714. The van der Waals surface area contributed by atoms with Crippen LogP contribution < -0.4 is 10.3 Å². The van der Waals surface area contributed by atoms with Crippen molar-refractivity contribution in [3.05, 3.63) is 111 Å². The third-order valence-corrected chi connectivity index (χ3v) is 8.08. The van der Waals surface area contributed by atoms with Crippen LogP contribution in [0.4, 0.5) is 4.39 Å².